The zero-order valence-corrected chi connectivity index (χ0v) is 11.8. The first-order valence-electron chi connectivity index (χ1n) is 5.23. The fourth-order valence-corrected chi connectivity index (χ4v) is 4.15. The summed E-state index contributed by atoms with van der Waals surface area (Å²) in [5, 5.41) is 10.2. The SMILES string of the molecule is COc1ccc(Br)cc1S[C@H]1C[C@@](C)(O)C1. The summed E-state index contributed by atoms with van der Waals surface area (Å²) in [6.45, 7) is 1.89. The maximum absolute atomic E-state index is 9.69. The Morgan fingerprint density at radius 3 is 2.75 bits per heavy atom. The highest BCUT2D eigenvalue weighted by Crippen LogP contribution is 2.45. The summed E-state index contributed by atoms with van der Waals surface area (Å²) in [4.78, 5) is 1.14. The van der Waals surface area contributed by atoms with Gasteiger partial charge in [-0.05, 0) is 38.0 Å². The second-order valence-corrected chi connectivity index (χ2v) is 6.70. The van der Waals surface area contributed by atoms with E-state index in [0.717, 1.165) is 28.0 Å². The third-order valence-electron chi connectivity index (χ3n) is 2.75. The topological polar surface area (TPSA) is 29.5 Å². The lowest BCUT2D eigenvalue weighted by molar-refractivity contribution is -0.00945. The smallest absolute Gasteiger partial charge is 0.132 e. The van der Waals surface area contributed by atoms with Gasteiger partial charge in [-0.2, -0.15) is 0 Å². The van der Waals surface area contributed by atoms with E-state index in [1.807, 2.05) is 19.1 Å². The molecule has 0 spiro atoms. The summed E-state index contributed by atoms with van der Waals surface area (Å²) in [5.74, 6) is 0.903. The molecular formula is C12H15BrO2S. The van der Waals surface area contributed by atoms with Crippen molar-refractivity contribution in [2.24, 2.45) is 0 Å². The molecule has 0 bridgehead atoms. The standard InChI is InChI=1S/C12H15BrO2S/c1-12(14)6-9(7-12)16-11-5-8(13)3-4-10(11)15-2/h3-5,9,14H,6-7H2,1-2H3/t9-,12+. The zero-order valence-electron chi connectivity index (χ0n) is 9.37. The van der Waals surface area contributed by atoms with Crippen LogP contribution in [0.25, 0.3) is 0 Å². The molecule has 1 aliphatic carbocycles. The quantitative estimate of drug-likeness (QED) is 0.927. The molecule has 1 aromatic rings. The molecule has 1 fully saturated rings. The average Bonchev–Trinajstić information content (AvgIpc) is 2.15. The van der Waals surface area contributed by atoms with Gasteiger partial charge >= 0.3 is 0 Å². The van der Waals surface area contributed by atoms with E-state index in [2.05, 4.69) is 22.0 Å². The van der Waals surface area contributed by atoms with Crippen LogP contribution in [0, 0.1) is 0 Å². The number of methoxy groups -OCH3 is 1. The summed E-state index contributed by atoms with van der Waals surface area (Å²) in [5.41, 5.74) is -0.461. The molecule has 0 heterocycles. The maximum Gasteiger partial charge on any atom is 0.132 e. The normalized spacial score (nSPS) is 28.6. The van der Waals surface area contributed by atoms with Gasteiger partial charge in [0.2, 0.25) is 0 Å². The molecule has 1 N–H and O–H groups in total. The Morgan fingerprint density at radius 1 is 1.50 bits per heavy atom. The average molecular weight is 303 g/mol. The number of hydrogen-bond acceptors (Lipinski definition) is 3. The first-order valence-corrected chi connectivity index (χ1v) is 6.90. The highest BCUT2D eigenvalue weighted by Gasteiger charge is 2.39. The van der Waals surface area contributed by atoms with E-state index >= 15 is 0 Å². The molecule has 0 aliphatic heterocycles. The van der Waals surface area contributed by atoms with E-state index in [-0.39, 0.29) is 0 Å². The van der Waals surface area contributed by atoms with Gasteiger partial charge in [-0.1, -0.05) is 15.9 Å². The summed E-state index contributed by atoms with van der Waals surface area (Å²) in [6.07, 6.45) is 1.71. The molecule has 1 aromatic carbocycles. The Balaban J connectivity index is 2.06. The highest BCUT2D eigenvalue weighted by molar-refractivity contribution is 9.10. The lowest BCUT2D eigenvalue weighted by Gasteiger charge is -2.40. The lowest BCUT2D eigenvalue weighted by Crippen LogP contribution is -2.42. The Labute approximate surface area is 109 Å². The highest BCUT2D eigenvalue weighted by atomic mass is 79.9. The minimum absolute atomic E-state index is 0.461. The van der Waals surface area contributed by atoms with Gasteiger partial charge in [-0.15, -0.1) is 11.8 Å². The monoisotopic (exact) mass is 302 g/mol. The van der Waals surface area contributed by atoms with Gasteiger partial charge in [0.15, 0.2) is 0 Å². The molecule has 2 rings (SSSR count). The van der Waals surface area contributed by atoms with Crippen molar-refractivity contribution < 1.29 is 9.84 Å². The molecule has 0 saturated heterocycles. The molecule has 16 heavy (non-hydrogen) atoms. The predicted octanol–water partition coefficient (Wildman–Crippen LogP) is 3.46. The summed E-state index contributed by atoms with van der Waals surface area (Å²) < 4.78 is 6.37. The van der Waals surface area contributed by atoms with E-state index in [1.165, 1.54) is 0 Å². The van der Waals surface area contributed by atoms with Crippen LogP contribution in [0.5, 0.6) is 5.75 Å². The Morgan fingerprint density at radius 2 is 2.19 bits per heavy atom. The van der Waals surface area contributed by atoms with E-state index in [4.69, 9.17) is 4.74 Å². The van der Waals surface area contributed by atoms with E-state index < -0.39 is 5.60 Å². The molecular weight excluding hydrogens is 288 g/mol. The van der Waals surface area contributed by atoms with Gasteiger partial charge < -0.3 is 9.84 Å². The minimum Gasteiger partial charge on any atom is -0.496 e. The Hall–Kier alpha value is -0.190. The molecule has 1 saturated carbocycles. The lowest BCUT2D eigenvalue weighted by atomic mass is 9.82. The molecule has 0 aromatic heterocycles. The second-order valence-electron chi connectivity index (χ2n) is 4.44. The van der Waals surface area contributed by atoms with Crippen LogP contribution >= 0.6 is 27.7 Å². The maximum atomic E-state index is 9.69. The van der Waals surface area contributed by atoms with Crippen molar-refractivity contribution in [3.63, 3.8) is 0 Å². The van der Waals surface area contributed by atoms with Crippen LogP contribution in [0.2, 0.25) is 0 Å². The minimum atomic E-state index is -0.461. The van der Waals surface area contributed by atoms with Crippen LogP contribution in [0.3, 0.4) is 0 Å². The van der Waals surface area contributed by atoms with Gasteiger partial charge in [-0.3, -0.25) is 0 Å². The number of thioether (sulfide) groups is 1. The first kappa shape index (κ1) is 12.3. The van der Waals surface area contributed by atoms with Crippen LogP contribution < -0.4 is 4.74 Å². The van der Waals surface area contributed by atoms with Crippen LogP contribution in [0.1, 0.15) is 19.8 Å². The number of ether oxygens (including phenoxy) is 1. The van der Waals surface area contributed by atoms with Crippen LogP contribution in [0.4, 0.5) is 0 Å². The van der Waals surface area contributed by atoms with Crippen molar-refractivity contribution in [3.8, 4) is 5.75 Å². The Kier molecular flexibility index (Phi) is 3.52. The van der Waals surface area contributed by atoms with Gasteiger partial charge in [-0.25, -0.2) is 0 Å². The fraction of sp³-hybridized carbons (Fsp3) is 0.500. The molecule has 0 radical (unpaired) electrons. The summed E-state index contributed by atoms with van der Waals surface area (Å²) in [7, 11) is 1.68. The van der Waals surface area contributed by atoms with Crippen molar-refractivity contribution in [2.45, 2.75) is 35.5 Å². The van der Waals surface area contributed by atoms with E-state index in [9.17, 15) is 5.11 Å². The molecule has 0 amide bonds. The molecule has 2 nitrogen and oxygen atoms in total. The molecule has 88 valence electrons. The van der Waals surface area contributed by atoms with E-state index in [0.29, 0.717) is 5.25 Å². The third-order valence-corrected chi connectivity index (χ3v) is 4.49. The molecule has 0 atom stereocenters. The number of hydrogen-bond donors (Lipinski definition) is 1. The second kappa shape index (κ2) is 4.59. The van der Waals surface area contributed by atoms with Gasteiger partial charge in [0.25, 0.3) is 0 Å². The van der Waals surface area contributed by atoms with E-state index in [1.54, 1.807) is 18.9 Å². The van der Waals surface area contributed by atoms with Crippen molar-refractivity contribution in [3.05, 3.63) is 22.7 Å². The number of halogens is 1. The summed E-state index contributed by atoms with van der Waals surface area (Å²) in [6, 6.07) is 6.00. The van der Waals surface area contributed by atoms with Crippen molar-refractivity contribution in [2.75, 3.05) is 7.11 Å². The van der Waals surface area contributed by atoms with Crippen LogP contribution in [-0.2, 0) is 0 Å². The first-order chi connectivity index (χ1) is 7.50. The Bertz CT molecular complexity index is 385. The molecule has 0 unspecified atom stereocenters. The van der Waals surface area contributed by atoms with Crippen LogP contribution in [-0.4, -0.2) is 23.1 Å². The largest absolute Gasteiger partial charge is 0.496 e. The van der Waals surface area contributed by atoms with Crippen molar-refractivity contribution >= 4 is 27.7 Å². The molecule has 4 heteroatoms. The van der Waals surface area contributed by atoms with Gasteiger partial charge in [0.1, 0.15) is 5.75 Å². The van der Waals surface area contributed by atoms with Gasteiger partial charge in [0, 0.05) is 9.72 Å². The van der Waals surface area contributed by atoms with Crippen LogP contribution in [0.15, 0.2) is 27.6 Å². The molecule has 1 aliphatic rings. The summed E-state index contributed by atoms with van der Waals surface area (Å²) >= 11 is 5.24. The van der Waals surface area contributed by atoms with Gasteiger partial charge in [0.05, 0.1) is 17.6 Å². The fourth-order valence-electron chi connectivity index (χ4n) is 1.93. The predicted molar refractivity (Wildman–Crippen MR) is 70.2 cm³/mol. The number of aliphatic hydroxyl groups is 1. The number of benzene rings is 1. The number of rotatable bonds is 3. The zero-order chi connectivity index (χ0) is 11.8. The van der Waals surface area contributed by atoms with Crippen molar-refractivity contribution in [1.82, 2.24) is 0 Å². The third kappa shape index (κ3) is 2.73. The van der Waals surface area contributed by atoms with Crippen molar-refractivity contribution in [1.29, 1.82) is 0 Å².